The Bertz CT molecular complexity index is 630. The van der Waals surface area contributed by atoms with Crippen molar-refractivity contribution in [3.8, 4) is 0 Å². The normalized spacial score (nSPS) is 10.7. The molecule has 0 spiro atoms. The zero-order valence-electron chi connectivity index (χ0n) is 11.8. The molecule has 0 unspecified atom stereocenters. The Hall–Kier alpha value is -2.24. The predicted octanol–water partition coefficient (Wildman–Crippen LogP) is 2.06. The molecule has 110 valence electrons. The number of hydrogen-bond acceptors (Lipinski definition) is 3. The standard InChI is InChI=1S/C16H18FN3O/c1-20(11-14-6-2-3-8-15(14)17)10-12-5-4-7-13(9-12)16(21)19-18/h2-9H,10-11,18H2,1H3,(H,19,21). The van der Waals surface area contributed by atoms with Crippen molar-refractivity contribution in [2.75, 3.05) is 7.05 Å². The number of nitrogen functional groups attached to an aromatic ring is 1. The van der Waals surface area contributed by atoms with Gasteiger partial charge in [-0.15, -0.1) is 0 Å². The molecule has 2 aromatic carbocycles. The first-order valence-electron chi connectivity index (χ1n) is 6.62. The highest BCUT2D eigenvalue weighted by atomic mass is 19.1. The van der Waals surface area contributed by atoms with Gasteiger partial charge in [0.05, 0.1) is 0 Å². The van der Waals surface area contributed by atoms with Crippen LogP contribution in [-0.4, -0.2) is 17.9 Å². The molecule has 0 bridgehead atoms. The van der Waals surface area contributed by atoms with E-state index in [2.05, 4.69) is 5.43 Å². The average molecular weight is 287 g/mol. The molecule has 0 heterocycles. The van der Waals surface area contributed by atoms with Crippen molar-refractivity contribution in [3.05, 3.63) is 71.0 Å². The summed E-state index contributed by atoms with van der Waals surface area (Å²) in [5.41, 5.74) is 4.23. The Balaban J connectivity index is 2.04. The summed E-state index contributed by atoms with van der Waals surface area (Å²) in [7, 11) is 1.90. The van der Waals surface area contributed by atoms with Crippen LogP contribution in [0.15, 0.2) is 48.5 Å². The topological polar surface area (TPSA) is 58.4 Å². The Labute approximate surface area is 123 Å². The van der Waals surface area contributed by atoms with Crippen LogP contribution in [0.25, 0.3) is 0 Å². The molecule has 0 fully saturated rings. The first kappa shape index (κ1) is 15.2. The van der Waals surface area contributed by atoms with Gasteiger partial charge in [0.1, 0.15) is 5.82 Å². The van der Waals surface area contributed by atoms with E-state index in [0.29, 0.717) is 24.2 Å². The van der Waals surface area contributed by atoms with Gasteiger partial charge in [-0.05, 0) is 30.8 Å². The van der Waals surface area contributed by atoms with Crippen molar-refractivity contribution in [2.45, 2.75) is 13.1 Å². The number of halogens is 1. The molecule has 0 aromatic heterocycles. The molecule has 4 nitrogen and oxygen atoms in total. The van der Waals surface area contributed by atoms with Crippen LogP contribution in [0, 0.1) is 5.82 Å². The highest BCUT2D eigenvalue weighted by molar-refractivity contribution is 5.93. The largest absolute Gasteiger partial charge is 0.298 e. The molecule has 0 atom stereocenters. The Morgan fingerprint density at radius 2 is 1.95 bits per heavy atom. The van der Waals surface area contributed by atoms with E-state index in [1.165, 1.54) is 6.07 Å². The fourth-order valence-electron chi connectivity index (χ4n) is 2.18. The molecule has 0 saturated heterocycles. The monoisotopic (exact) mass is 287 g/mol. The third-order valence-corrected chi connectivity index (χ3v) is 3.17. The first-order valence-corrected chi connectivity index (χ1v) is 6.62. The van der Waals surface area contributed by atoms with E-state index in [1.807, 2.05) is 24.1 Å². The Kier molecular flexibility index (Phi) is 5.03. The third kappa shape index (κ3) is 4.11. The summed E-state index contributed by atoms with van der Waals surface area (Å²) in [5.74, 6) is 4.59. The van der Waals surface area contributed by atoms with Gasteiger partial charge in [-0.3, -0.25) is 15.1 Å². The lowest BCUT2D eigenvalue weighted by atomic mass is 10.1. The highest BCUT2D eigenvalue weighted by Gasteiger charge is 2.08. The van der Waals surface area contributed by atoms with Gasteiger partial charge in [0.2, 0.25) is 0 Å². The second-order valence-electron chi connectivity index (χ2n) is 4.94. The molecule has 0 saturated carbocycles. The van der Waals surface area contributed by atoms with Crippen LogP contribution in [0.3, 0.4) is 0 Å². The van der Waals surface area contributed by atoms with Gasteiger partial charge in [0.25, 0.3) is 5.91 Å². The van der Waals surface area contributed by atoms with E-state index in [9.17, 15) is 9.18 Å². The van der Waals surface area contributed by atoms with Crippen LogP contribution < -0.4 is 11.3 Å². The number of hydrazine groups is 1. The molecule has 2 rings (SSSR count). The number of nitrogens with zero attached hydrogens (tertiary/aromatic N) is 1. The van der Waals surface area contributed by atoms with E-state index in [1.54, 1.807) is 30.3 Å². The molecule has 3 N–H and O–H groups in total. The summed E-state index contributed by atoms with van der Waals surface area (Å²) in [4.78, 5) is 13.5. The number of nitrogens with two attached hydrogens (primary N) is 1. The maximum Gasteiger partial charge on any atom is 0.265 e. The number of nitrogens with one attached hydrogen (secondary N) is 1. The fraction of sp³-hybridized carbons (Fsp3) is 0.188. The van der Waals surface area contributed by atoms with Gasteiger partial charge >= 0.3 is 0 Å². The smallest absolute Gasteiger partial charge is 0.265 e. The number of carbonyl (C=O) groups excluding carboxylic acids is 1. The average Bonchev–Trinajstić information content (AvgIpc) is 2.49. The van der Waals surface area contributed by atoms with Crippen molar-refractivity contribution in [1.82, 2.24) is 10.3 Å². The zero-order chi connectivity index (χ0) is 15.2. The Morgan fingerprint density at radius 1 is 1.19 bits per heavy atom. The fourth-order valence-corrected chi connectivity index (χ4v) is 2.18. The quantitative estimate of drug-likeness (QED) is 0.503. The van der Waals surface area contributed by atoms with Crippen molar-refractivity contribution in [2.24, 2.45) is 5.84 Å². The minimum Gasteiger partial charge on any atom is -0.298 e. The number of carbonyl (C=O) groups is 1. The van der Waals surface area contributed by atoms with Crippen molar-refractivity contribution < 1.29 is 9.18 Å². The van der Waals surface area contributed by atoms with Crippen molar-refractivity contribution >= 4 is 5.91 Å². The van der Waals surface area contributed by atoms with E-state index in [4.69, 9.17) is 5.84 Å². The third-order valence-electron chi connectivity index (χ3n) is 3.17. The van der Waals surface area contributed by atoms with Crippen molar-refractivity contribution in [1.29, 1.82) is 0 Å². The number of amides is 1. The second kappa shape index (κ2) is 6.97. The van der Waals surface area contributed by atoms with Crippen molar-refractivity contribution in [3.63, 3.8) is 0 Å². The van der Waals surface area contributed by atoms with E-state index < -0.39 is 0 Å². The first-order chi connectivity index (χ1) is 10.1. The molecule has 0 radical (unpaired) electrons. The molecule has 21 heavy (non-hydrogen) atoms. The lowest BCUT2D eigenvalue weighted by molar-refractivity contribution is 0.0953. The lowest BCUT2D eigenvalue weighted by Crippen LogP contribution is -2.30. The summed E-state index contributed by atoms with van der Waals surface area (Å²) in [6, 6.07) is 13.9. The minimum absolute atomic E-state index is 0.208. The second-order valence-corrected chi connectivity index (χ2v) is 4.94. The Morgan fingerprint density at radius 3 is 2.67 bits per heavy atom. The molecular formula is C16H18FN3O. The van der Waals surface area contributed by atoms with Gasteiger partial charge < -0.3 is 0 Å². The number of rotatable bonds is 5. The van der Waals surface area contributed by atoms with E-state index in [0.717, 1.165) is 5.56 Å². The summed E-state index contributed by atoms with van der Waals surface area (Å²) in [6.07, 6.45) is 0. The SMILES string of the molecule is CN(Cc1cccc(C(=O)NN)c1)Cc1ccccc1F. The van der Waals surface area contributed by atoms with Crippen LogP contribution >= 0.6 is 0 Å². The molecule has 0 aliphatic carbocycles. The maximum atomic E-state index is 13.6. The van der Waals surface area contributed by atoms with Gasteiger partial charge in [-0.25, -0.2) is 10.2 Å². The van der Waals surface area contributed by atoms with Crippen LogP contribution in [-0.2, 0) is 13.1 Å². The van der Waals surface area contributed by atoms with Crippen LogP contribution in [0.4, 0.5) is 4.39 Å². The van der Waals surface area contributed by atoms with Gasteiger partial charge in [-0.2, -0.15) is 0 Å². The van der Waals surface area contributed by atoms with Crippen LogP contribution in [0.5, 0.6) is 0 Å². The molecule has 2 aromatic rings. The van der Waals surface area contributed by atoms with E-state index >= 15 is 0 Å². The summed E-state index contributed by atoms with van der Waals surface area (Å²) >= 11 is 0. The van der Waals surface area contributed by atoms with Gasteiger partial charge in [-0.1, -0.05) is 30.3 Å². The summed E-state index contributed by atoms with van der Waals surface area (Å²) in [6.45, 7) is 1.11. The van der Waals surface area contributed by atoms with Gasteiger partial charge in [0.15, 0.2) is 0 Å². The maximum absolute atomic E-state index is 13.6. The molecule has 5 heteroatoms. The van der Waals surface area contributed by atoms with Gasteiger partial charge in [0, 0.05) is 24.2 Å². The molecule has 0 aliphatic rings. The number of benzene rings is 2. The van der Waals surface area contributed by atoms with Crippen LogP contribution in [0.2, 0.25) is 0 Å². The minimum atomic E-state index is -0.325. The number of hydrogen-bond donors (Lipinski definition) is 2. The highest BCUT2D eigenvalue weighted by Crippen LogP contribution is 2.12. The van der Waals surface area contributed by atoms with E-state index in [-0.39, 0.29) is 11.7 Å². The molecule has 1 amide bonds. The summed E-state index contributed by atoms with van der Waals surface area (Å²) < 4.78 is 13.6. The summed E-state index contributed by atoms with van der Waals surface area (Å²) in [5, 5.41) is 0. The molecular weight excluding hydrogens is 269 g/mol. The zero-order valence-corrected chi connectivity index (χ0v) is 11.8. The predicted molar refractivity (Wildman–Crippen MR) is 79.7 cm³/mol. The lowest BCUT2D eigenvalue weighted by Gasteiger charge is -2.17. The van der Waals surface area contributed by atoms with Crippen LogP contribution in [0.1, 0.15) is 21.5 Å². The molecule has 0 aliphatic heterocycles.